The minimum Gasteiger partial charge on any atom is -0.369 e. The molecule has 4 unspecified atom stereocenters. The van der Waals surface area contributed by atoms with Crippen LogP contribution in [0.2, 0.25) is 0 Å². The van der Waals surface area contributed by atoms with Gasteiger partial charge in [0.2, 0.25) is 5.91 Å². The second-order valence-corrected chi connectivity index (χ2v) is 5.24. The first-order valence-corrected chi connectivity index (χ1v) is 6.07. The molecule has 0 aliphatic heterocycles. The highest BCUT2D eigenvalue weighted by atomic mass is 35.5. The fourth-order valence-electron chi connectivity index (χ4n) is 3.16. The van der Waals surface area contributed by atoms with Gasteiger partial charge in [-0.05, 0) is 31.1 Å². The minimum atomic E-state index is -0.200. The zero-order valence-corrected chi connectivity index (χ0v) is 9.17. The van der Waals surface area contributed by atoms with Crippen molar-refractivity contribution in [2.24, 2.45) is 23.5 Å². The van der Waals surface area contributed by atoms with Gasteiger partial charge in [-0.25, -0.2) is 0 Å². The number of halogens is 1. The van der Waals surface area contributed by atoms with E-state index in [2.05, 4.69) is 0 Å². The van der Waals surface area contributed by atoms with Gasteiger partial charge in [-0.15, -0.1) is 11.6 Å². The summed E-state index contributed by atoms with van der Waals surface area (Å²) in [5, 5.41) is 0.00606. The van der Waals surface area contributed by atoms with E-state index in [-0.39, 0.29) is 17.2 Å². The van der Waals surface area contributed by atoms with Crippen LogP contribution in [0.25, 0.3) is 0 Å². The van der Waals surface area contributed by atoms with Gasteiger partial charge in [0.15, 0.2) is 0 Å². The molecule has 2 aliphatic rings. The molecule has 2 aliphatic carbocycles. The van der Waals surface area contributed by atoms with Crippen LogP contribution < -0.4 is 5.73 Å². The molecule has 4 atom stereocenters. The zero-order valence-electron chi connectivity index (χ0n) is 8.42. The maximum atomic E-state index is 11.2. The lowest BCUT2D eigenvalue weighted by Crippen LogP contribution is -2.43. The quantitative estimate of drug-likeness (QED) is 0.671. The Morgan fingerprint density at radius 3 is 2.57 bits per heavy atom. The summed E-state index contributed by atoms with van der Waals surface area (Å²) < 4.78 is 0. The maximum absolute atomic E-state index is 11.2. The molecule has 2 fully saturated rings. The summed E-state index contributed by atoms with van der Waals surface area (Å²) in [5.74, 6) is 1.04. The highest BCUT2D eigenvalue weighted by Gasteiger charge is 2.41. The third-order valence-corrected chi connectivity index (χ3v) is 4.60. The Labute approximate surface area is 90.2 Å². The van der Waals surface area contributed by atoms with Crippen molar-refractivity contribution in [3.63, 3.8) is 0 Å². The highest BCUT2D eigenvalue weighted by Crippen LogP contribution is 2.45. The second-order valence-electron chi connectivity index (χ2n) is 4.74. The molecule has 1 amide bonds. The number of nitrogens with two attached hydrogens (primary N) is 1. The van der Waals surface area contributed by atoms with Crippen LogP contribution in [-0.2, 0) is 4.79 Å². The zero-order chi connectivity index (χ0) is 10.1. The SMILES string of the molecule is NC(=O)C1CCC2CCCCC2C1Cl. The van der Waals surface area contributed by atoms with Crippen molar-refractivity contribution in [3.8, 4) is 0 Å². The molecular weight excluding hydrogens is 198 g/mol. The molecule has 2 saturated carbocycles. The summed E-state index contributed by atoms with van der Waals surface area (Å²) >= 11 is 6.35. The van der Waals surface area contributed by atoms with Gasteiger partial charge in [0.1, 0.15) is 0 Å². The largest absolute Gasteiger partial charge is 0.369 e. The highest BCUT2D eigenvalue weighted by molar-refractivity contribution is 6.22. The predicted octanol–water partition coefficient (Wildman–Crippen LogP) is 2.30. The van der Waals surface area contributed by atoms with E-state index in [0.29, 0.717) is 5.92 Å². The summed E-state index contributed by atoms with van der Waals surface area (Å²) in [6.07, 6.45) is 7.18. The van der Waals surface area contributed by atoms with Crippen LogP contribution in [0.3, 0.4) is 0 Å². The predicted molar refractivity (Wildman–Crippen MR) is 57.0 cm³/mol. The van der Waals surface area contributed by atoms with Crippen molar-refractivity contribution in [3.05, 3.63) is 0 Å². The summed E-state index contributed by atoms with van der Waals surface area (Å²) in [5.41, 5.74) is 5.36. The number of primary amides is 1. The summed E-state index contributed by atoms with van der Waals surface area (Å²) in [6, 6.07) is 0. The number of carbonyl (C=O) groups is 1. The molecule has 0 spiro atoms. The Balaban J connectivity index is 2.06. The molecule has 14 heavy (non-hydrogen) atoms. The summed E-state index contributed by atoms with van der Waals surface area (Å²) in [6.45, 7) is 0. The van der Waals surface area contributed by atoms with E-state index in [9.17, 15) is 4.79 Å². The van der Waals surface area contributed by atoms with Crippen molar-refractivity contribution in [1.29, 1.82) is 0 Å². The van der Waals surface area contributed by atoms with Gasteiger partial charge in [0.05, 0.1) is 5.92 Å². The molecule has 0 aromatic rings. The fraction of sp³-hybridized carbons (Fsp3) is 0.909. The van der Waals surface area contributed by atoms with E-state index in [0.717, 1.165) is 18.8 Å². The van der Waals surface area contributed by atoms with Gasteiger partial charge in [0.25, 0.3) is 0 Å². The van der Waals surface area contributed by atoms with Gasteiger partial charge in [-0.2, -0.15) is 0 Å². The van der Waals surface area contributed by atoms with Gasteiger partial charge in [-0.3, -0.25) is 4.79 Å². The molecule has 3 heteroatoms. The van der Waals surface area contributed by atoms with E-state index < -0.39 is 0 Å². The van der Waals surface area contributed by atoms with Crippen molar-refractivity contribution in [1.82, 2.24) is 0 Å². The van der Waals surface area contributed by atoms with Crippen LogP contribution in [0, 0.1) is 17.8 Å². The Hall–Kier alpha value is -0.240. The van der Waals surface area contributed by atoms with Crippen molar-refractivity contribution < 1.29 is 4.79 Å². The van der Waals surface area contributed by atoms with Crippen molar-refractivity contribution in [2.75, 3.05) is 0 Å². The number of carbonyl (C=O) groups excluding carboxylic acids is 1. The Morgan fingerprint density at radius 2 is 1.86 bits per heavy atom. The van der Waals surface area contributed by atoms with Crippen LogP contribution in [0.1, 0.15) is 38.5 Å². The molecule has 0 saturated heterocycles. The average molecular weight is 216 g/mol. The fourth-order valence-corrected chi connectivity index (χ4v) is 3.75. The lowest BCUT2D eigenvalue weighted by atomic mass is 9.67. The summed E-state index contributed by atoms with van der Waals surface area (Å²) in [7, 11) is 0. The molecule has 2 nitrogen and oxygen atoms in total. The van der Waals surface area contributed by atoms with Crippen LogP contribution in [0.4, 0.5) is 0 Å². The van der Waals surface area contributed by atoms with Gasteiger partial charge >= 0.3 is 0 Å². The van der Waals surface area contributed by atoms with Gasteiger partial charge in [0, 0.05) is 5.38 Å². The normalized spacial score (nSPS) is 42.9. The van der Waals surface area contributed by atoms with E-state index in [1.165, 1.54) is 25.7 Å². The number of hydrogen-bond donors (Lipinski definition) is 1. The maximum Gasteiger partial charge on any atom is 0.222 e. The van der Waals surface area contributed by atoms with E-state index >= 15 is 0 Å². The van der Waals surface area contributed by atoms with Crippen LogP contribution in [0.15, 0.2) is 0 Å². The third-order valence-electron chi connectivity index (χ3n) is 3.98. The molecule has 0 heterocycles. The Morgan fingerprint density at radius 1 is 1.14 bits per heavy atom. The molecule has 0 aromatic carbocycles. The number of rotatable bonds is 1. The first-order chi connectivity index (χ1) is 6.70. The second kappa shape index (κ2) is 4.09. The molecule has 80 valence electrons. The van der Waals surface area contributed by atoms with Crippen LogP contribution in [-0.4, -0.2) is 11.3 Å². The van der Waals surface area contributed by atoms with E-state index in [4.69, 9.17) is 17.3 Å². The van der Waals surface area contributed by atoms with Crippen molar-refractivity contribution >= 4 is 17.5 Å². The van der Waals surface area contributed by atoms with E-state index in [1.807, 2.05) is 0 Å². The lowest BCUT2D eigenvalue weighted by Gasteiger charge is -2.41. The molecule has 0 radical (unpaired) electrons. The first-order valence-electron chi connectivity index (χ1n) is 5.63. The number of amides is 1. The average Bonchev–Trinajstić information content (AvgIpc) is 2.18. The number of hydrogen-bond acceptors (Lipinski definition) is 1. The topological polar surface area (TPSA) is 43.1 Å². The Kier molecular flexibility index (Phi) is 3.01. The van der Waals surface area contributed by atoms with E-state index in [1.54, 1.807) is 0 Å². The molecule has 2 N–H and O–H groups in total. The molecule has 0 bridgehead atoms. The molecular formula is C11H18ClNO. The van der Waals surface area contributed by atoms with Crippen LogP contribution in [0.5, 0.6) is 0 Å². The molecule has 0 aromatic heterocycles. The Bertz CT molecular complexity index is 231. The number of fused-ring (bicyclic) bond motifs is 1. The molecule has 2 rings (SSSR count). The van der Waals surface area contributed by atoms with Gasteiger partial charge in [-0.1, -0.05) is 19.3 Å². The first kappa shape index (κ1) is 10.3. The summed E-state index contributed by atoms with van der Waals surface area (Å²) in [4.78, 5) is 11.2. The number of alkyl halides is 1. The van der Waals surface area contributed by atoms with Crippen molar-refractivity contribution in [2.45, 2.75) is 43.9 Å². The monoisotopic (exact) mass is 215 g/mol. The minimum absolute atomic E-state index is 0.00606. The standard InChI is InChI=1S/C11H18ClNO/c12-10-8-4-2-1-3-7(8)5-6-9(10)11(13)14/h7-10H,1-6H2,(H2,13,14). The smallest absolute Gasteiger partial charge is 0.222 e. The lowest BCUT2D eigenvalue weighted by molar-refractivity contribution is -0.123. The third kappa shape index (κ3) is 1.77. The van der Waals surface area contributed by atoms with Crippen LogP contribution >= 0.6 is 11.6 Å². The van der Waals surface area contributed by atoms with Gasteiger partial charge < -0.3 is 5.73 Å².